The lowest BCUT2D eigenvalue weighted by atomic mass is 10.1. The van der Waals surface area contributed by atoms with Crippen LogP contribution < -0.4 is 15.0 Å². The molecule has 0 aromatic heterocycles. The fraction of sp³-hybridized carbons (Fsp3) is 0.417. The minimum absolute atomic E-state index is 0.0387. The van der Waals surface area contributed by atoms with Crippen molar-refractivity contribution in [1.82, 2.24) is 9.80 Å². The summed E-state index contributed by atoms with van der Waals surface area (Å²) >= 11 is 0. The van der Waals surface area contributed by atoms with E-state index in [2.05, 4.69) is 15.1 Å². The van der Waals surface area contributed by atoms with Gasteiger partial charge in [-0.1, -0.05) is 6.07 Å². The van der Waals surface area contributed by atoms with Gasteiger partial charge in [-0.05, 0) is 47.9 Å². The first-order valence-electron chi connectivity index (χ1n) is 10.9. The first-order chi connectivity index (χ1) is 15.4. The maximum absolute atomic E-state index is 13.9. The van der Waals surface area contributed by atoms with Gasteiger partial charge in [-0.2, -0.15) is 0 Å². The topological polar surface area (TPSA) is 65.1 Å². The van der Waals surface area contributed by atoms with Crippen molar-refractivity contribution in [3.8, 4) is 5.75 Å². The Morgan fingerprint density at radius 3 is 2.47 bits per heavy atom. The van der Waals surface area contributed by atoms with Crippen molar-refractivity contribution >= 4 is 23.2 Å². The van der Waals surface area contributed by atoms with E-state index in [-0.39, 0.29) is 23.4 Å². The molecule has 2 aliphatic rings. The van der Waals surface area contributed by atoms with Crippen molar-refractivity contribution in [3.63, 3.8) is 0 Å². The van der Waals surface area contributed by atoms with Crippen LogP contribution in [0.1, 0.15) is 18.1 Å². The zero-order chi connectivity index (χ0) is 22.7. The van der Waals surface area contributed by atoms with Crippen LogP contribution in [0.3, 0.4) is 0 Å². The summed E-state index contributed by atoms with van der Waals surface area (Å²) in [5.74, 6) is -0.0983. The van der Waals surface area contributed by atoms with Gasteiger partial charge in [-0.3, -0.25) is 19.4 Å². The lowest BCUT2D eigenvalue weighted by Crippen LogP contribution is -2.48. The van der Waals surface area contributed by atoms with Crippen molar-refractivity contribution in [1.29, 1.82) is 0 Å². The minimum Gasteiger partial charge on any atom is -0.494 e. The number of carbonyl (C=O) groups is 2. The van der Waals surface area contributed by atoms with Gasteiger partial charge in [-0.25, -0.2) is 4.39 Å². The molecule has 1 N–H and O–H groups in total. The van der Waals surface area contributed by atoms with E-state index in [0.717, 1.165) is 55.1 Å². The van der Waals surface area contributed by atoms with Crippen molar-refractivity contribution in [3.05, 3.63) is 53.3 Å². The number of carbonyl (C=O) groups excluding carboxylic acids is 2. The average molecular weight is 441 g/mol. The Balaban J connectivity index is 1.24. The molecule has 2 heterocycles. The SMILES string of the molecule is COc1ccc(CN2CCN(CC(=O)Nc3ccc4c(c3)CCN4C(C)=O)CC2)cc1F. The Bertz CT molecular complexity index is 1000. The first kappa shape index (κ1) is 22.2. The summed E-state index contributed by atoms with van der Waals surface area (Å²) in [6, 6.07) is 10.8. The first-order valence-corrected chi connectivity index (χ1v) is 10.9. The molecule has 2 aliphatic heterocycles. The predicted molar refractivity (Wildman–Crippen MR) is 121 cm³/mol. The molecule has 2 aromatic rings. The van der Waals surface area contributed by atoms with Gasteiger partial charge in [-0.15, -0.1) is 0 Å². The standard InChI is InChI=1S/C24H29FN4O3/c1-17(30)29-8-7-19-14-20(4-5-22(19)29)26-24(31)16-28-11-9-27(10-12-28)15-18-3-6-23(32-2)21(25)13-18/h3-6,13-14H,7-12,15-16H2,1-2H3,(H,26,31). The number of rotatable bonds is 6. The van der Waals surface area contributed by atoms with E-state index in [1.165, 1.54) is 13.2 Å². The van der Waals surface area contributed by atoms with Gasteiger partial charge < -0.3 is 15.0 Å². The van der Waals surface area contributed by atoms with E-state index in [1.807, 2.05) is 24.3 Å². The Kier molecular flexibility index (Phi) is 6.72. The molecule has 1 saturated heterocycles. The molecular weight excluding hydrogens is 411 g/mol. The fourth-order valence-corrected chi connectivity index (χ4v) is 4.38. The molecule has 0 atom stereocenters. The molecule has 170 valence electrons. The molecule has 0 spiro atoms. The number of halogens is 1. The van der Waals surface area contributed by atoms with E-state index in [0.29, 0.717) is 19.6 Å². The Labute approximate surface area is 187 Å². The fourth-order valence-electron chi connectivity index (χ4n) is 4.38. The zero-order valence-electron chi connectivity index (χ0n) is 18.6. The number of piperazine rings is 1. The molecule has 2 amide bonds. The second-order valence-corrected chi connectivity index (χ2v) is 8.33. The highest BCUT2D eigenvalue weighted by molar-refractivity contribution is 5.96. The molecule has 1 fully saturated rings. The molecule has 8 heteroatoms. The molecule has 0 aliphatic carbocycles. The quantitative estimate of drug-likeness (QED) is 0.748. The van der Waals surface area contributed by atoms with Crippen LogP contribution in [0.5, 0.6) is 5.75 Å². The summed E-state index contributed by atoms with van der Waals surface area (Å²) in [5, 5.41) is 2.98. The summed E-state index contributed by atoms with van der Waals surface area (Å²) in [7, 11) is 1.46. The van der Waals surface area contributed by atoms with Gasteiger partial charge in [0.15, 0.2) is 11.6 Å². The second kappa shape index (κ2) is 9.67. The van der Waals surface area contributed by atoms with Gasteiger partial charge >= 0.3 is 0 Å². The molecular formula is C24H29FN4O3. The number of methoxy groups -OCH3 is 1. The van der Waals surface area contributed by atoms with Crippen LogP contribution >= 0.6 is 0 Å². The predicted octanol–water partition coefficient (Wildman–Crippen LogP) is 2.50. The summed E-state index contributed by atoms with van der Waals surface area (Å²) in [6.45, 7) is 6.47. The molecule has 32 heavy (non-hydrogen) atoms. The second-order valence-electron chi connectivity index (χ2n) is 8.33. The monoisotopic (exact) mass is 440 g/mol. The number of nitrogens with one attached hydrogen (secondary N) is 1. The number of nitrogens with zero attached hydrogens (tertiary/aromatic N) is 3. The van der Waals surface area contributed by atoms with E-state index in [4.69, 9.17) is 4.74 Å². The normalized spacial score (nSPS) is 16.7. The molecule has 4 rings (SSSR count). The van der Waals surface area contributed by atoms with Gasteiger partial charge in [0, 0.05) is 57.6 Å². The number of fused-ring (bicyclic) bond motifs is 1. The Hall–Kier alpha value is -2.97. The molecule has 7 nitrogen and oxygen atoms in total. The van der Waals surface area contributed by atoms with Crippen molar-refractivity contribution in [2.45, 2.75) is 19.9 Å². The zero-order valence-corrected chi connectivity index (χ0v) is 18.6. The largest absolute Gasteiger partial charge is 0.494 e. The Morgan fingerprint density at radius 1 is 1.03 bits per heavy atom. The minimum atomic E-state index is -0.346. The van der Waals surface area contributed by atoms with Crippen LogP contribution in [0.4, 0.5) is 15.8 Å². The van der Waals surface area contributed by atoms with E-state index >= 15 is 0 Å². The van der Waals surface area contributed by atoms with Crippen LogP contribution in [-0.2, 0) is 22.6 Å². The number of benzene rings is 2. The van der Waals surface area contributed by atoms with Crippen molar-refractivity contribution < 1.29 is 18.7 Å². The summed E-state index contributed by atoms with van der Waals surface area (Å²) in [5.41, 5.74) is 3.69. The highest BCUT2D eigenvalue weighted by Gasteiger charge is 2.23. The van der Waals surface area contributed by atoms with Gasteiger partial charge in [0.05, 0.1) is 13.7 Å². The maximum atomic E-state index is 13.9. The van der Waals surface area contributed by atoms with Crippen molar-refractivity contribution in [2.24, 2.45) is 0 Å². The molecule has 2 aromatic carbocycles. The van der Waals surface area contributed by atoms with Crippen LogP contribution in [0, 0.1) is 5.82 Å². The number of hydrogen-bond acceptors (Lipinski definition) is 5. The van der Waals surface area contributed by atoms with Gasteiger partial charge in [0.1, 0.15) is 0 Å². The third-order valence-corrected chi connectivity index (χ3v) is 6.09. The smallest absolute Gasteiger partial charge is 0.238 e. The summed E-state index contributed by atoms with van der Waals surface area (Å²) in [6.07, 6.45) is 0.804. The third-order valence-electron chi connectivity index (χ3n) is 6.09. The molecule has 0 bridgehead atoms. The number of hydrogen-bond donors (Lipinski definition) is 1. The lowest BCUT2D eigenvalue weighted by molar-refractivity contribution is -0.118. The van der Waals surface area contributed by atoms with Crippen molar-refractivity contribution in [2.75, 3.05) is 56.6 Å². The summed E-state index contributed by atoms with van der Waals surface area (Å²) < 4.78 is 18.9. The molecule has 0 unspecified atom stereocenters. The van der Waals surface area contributed by atoms with E-state index < -0.39 is 0 Å². The van der Waals surface area contributed by atoms with Gasteiger partial charge in [0.2, 0.25) is 11.8 Å². The molecule has 0 radical (unpaired) electrons. The number of anilines is 2. The van der Waals surface area contributed by atoms with Crippen LogP contribution in [-0.4, -0.2) is 68.0 Å². The third kappa shape index (κ3) is 5.08. The number of ether oxygens (including phenoxy) is 1. The average Bonchev–Trinajstić information content (AvgIpc) is 3.19. The maximum Gasteiger partial charge on any atom is 0.238 e. The van der Waals surface area contributed by atoms with Crippen LogP contribution in [0.25, 0.3) is 0 Å². The Morgan fingerprint density at radius 2 is 1.78 bits per heavy atom. The van der Waals surface area contributed by atoms with Crippen LogP contribution in [0.2, 0.25) is 0 Å². The number of amides is 2. The van der Waals surface area contributed by atoms with Crippen LogP contribution in [0.15, 0.2) is 36.4 Å². The highest BCUT2D eigenvalue weighted by Crippen LogP contribution is 2.30. The molecule has 0 saturated carbocycles. The van der Waals surface area contributed by atoms with E-state index in [9.17, 15) is 14.0 Å². The van der Waals surface area contributed by atoms with Gasteiger partial charge in [0.25, 0.3) is 0 Å². The summed E-state index contributed by atoms with van der Waals surface area (Å²) in [4.78, 5) is 30.4. The lowest BCUT2D eigenvalue weighted by Gasteiger charge is -2.34. The highest BCUT2D eigenvalue weighted by atomic mass is 19.1. The van der Waals surface area contributed by atoms with E-state index in [1.54, 1.807) is 17.9 Å².